The summed E-state index contributed by atoms with van der Waals surface area (Å²) >= 11 is 0. The number of hydrogen-bond donors (Lipinski definition) is 1. The molecule has 2 atom stereocenters. The lowest BCUT2D eigenvalue weighted by Crippen LogP contribution is -2.18. The van der Waals surface area contributed by atoms with Crippen LogP contribution in [0.3, 0.4) is 0 Å². The summed E-state index contributed by atoms with van der Waals surface area (Å²) in [4.78, 5) is 0. The first-order valence-electron chi connectivity index (χ1n) is 6.98. The van der Waals surface area contributed by atoms with Crippen LogP contribution in [0.2, 0.25) is 0 Å². The minimum Gasteiger partial charge on any atom is -0.388 e. The van der Waals surface area contributed by atoms with E-state index in [-0.39, 0.29) is 11.5 Å². The fourth-order valence-corrected chi connectivity index (χ4v) is 3.10. The van der Waals surface area contributed by atoms with Gasteiger partial charge in [0.1, 0.15) is 5.82 Å². The summed E-state index contributed by atoms with van der Waals surface area (Å²) in [5.41, 5.74) is 1.90. The number of benzene rings is 2. The zero-order chi connectivity index (χ0) is 15.0. The highest BCUT2D eigenvalue weighted by molar-refractivity contribution is 5.36. The van der Waals surface area contributed by atoms with Gasteiger partial charge in [0.25, 0.3) is 0 Å². The molecule has 4 heteroatoms. The van der Waals surface area contributed by atoms with Crippen molar-refractivity contribution in [3.8, 4) is 0 Å². The summed E-state index contributed by atoms with van der Waals surface area (Å²) in [7, 11) is 0. The number of hydrogen-bond acceptors (Lipinski definition) is 1. The van der Waals surface area contributed by atoms with E-state index < -0.39 is 23.6 Å². The molecule has 0 fully saturated rings. The standard InChI is InChI=1S/C17H15F3O/c18-14-9-16(20)15(19)8-13(14)17(21)12-7-3-5-10-4-1-2-6-11(10)12/h1-2,4,6,8-9,12,17,21H,3,5,7H2. The number of halogens is 3. The second-order valence-corrected chi connectivity index (χ2v) is 5.43. The van der Waals surface area contributed by atoms with Crippen LogP contribution in [-0.2, 0) is 6.42 Å². The molecule has 0 saturated heterocycles. The minimum absolute atomic E-state index is 0.185. The third kappa shape index (κ3) is 2.56. The fourth-order valence-electron chi connectivity index (χ4n) is 3.10. The van der Waals surface area contributed by atoms with E-state index >= 15 is 0 Å². The predicted molar refractivity (Wildman–Crippen MR) is 73.4 cm³/mol. The summed E-state index contributed by atoms with van der Waals surface area (Å²) < 4.78 is 40.2. The van der Waals surface area contributed by atoms with Gasteiger partial charge in [-0.2, -0.15) is 0 Å². The SMILES string of the molecule is OC(c1cc(F)c(F)cc1F)C1CCCc2ccccc21. The Morgan fingerprint density at radius 3 is 2.52 bits per heavy atom. The minimum atomic E-state index is -1.24. The van der Waals surface area contributed by atoms with Crippen LogP contribution in [0.15, 0.2) is 36.4 Å². The number of aliphatic hydroxyl groups is 1. The van der Waals surface area contributed by atoms with Gasteiger partial charge in [0.05, 0.1) is 6.10 Å². The van der Waals surface area contributed by atoms with Crippen molar-refractivity contribution in [2.24, 2.45) is 0 Å². The van der Waals surface area contributed by atoms with Crippen LogP contribution in [0.25, 0.3) is 0 Å². The molecule has 1 aliphatic carbocycles. The molecular formula is C17H15F3O. The lowest BCUT2D eigenvalue weighted by Gasteiger charge is -2.29. The first kappa shape index (κ1) is 14.1. The molecule has 0 saturated carbocycles. The summed E-state index contributed by atoms with van der Waals surface area (Å²) in [6.07, 6.45) is 1.31. The predicted octanol–water partition coefficient (Wildman–Crippen LogP) is 4.26. The quantitative estimate of drug-likeness (QED) is 0.820. The van der Waals surface area contributed by atoms with E-state index in [1.807, 2.05) is 24.3 Å². The normalized spacial score (nSPS) is 19.1. The van der Waals surface area contributed by atoms with Gasteiger partial charge in [-0.1, -0.05) is 24.3 Å². The molecule has 0 aromatic heterocycles. The van der Waals surface area contributed by atoms with Crippen LogP contribution in [0.1, 0.15) is 41.6 Å². The molecule has 2 aromatic carbocycles. The summed E-state index contributed by atoms with van der Waals surface area (Å²) in [5, 5.41) is 10.5. The molecule has 0 heterocycles. The van der Waals surface area contributed by atoms with Crippen molar-refractivity contribution < 1.29 is 18.3 Å². The van der Waals surface area contributed by atoms with Crippen molar-refractivity contribution in [2.45, 2.75) is 31.3 Å². The third-order valence-corrected chi connectivity index (χ3v) is 4.16. The second kappa shape index (κ2) is 5.53. The fraction of sp³-hybridized carbons (Fsp3) is 0.294. The van der Waals surface area contributed by atoms with Gasteiger partial charge >= 0.3 is 0 Å². The molecule has 2 unspecified atom stereocenters. The van der Waals surface area contributed by atoms with E-state index in [0.29, 0.717) is 12.5 Å². The molecule has 0 radical (unpaired) electrons. The van der Waals surface area contributed by atoms with Gasteiger partial charge in [-0.15, -0.1) is 0 Å². The molecule has 1 aliphatic rings. The van der Waals surface area contributed by atoms with Crippen LogP contribution in [0.4, 0.5) is 13.2 Å². The molecule has 1 nitrogen and oxygen atoms in total. The lowest BCUT2D eigenvalue weighted by atomic mass is 9.78. The maximum Gasteiger partial charge on any atom is 0.161 e. The molecule has 0 aliphatic heterocycles. The van der Waals surface area contributed by atoms with Gasteiger partial charge in [-0.3, -0.25) is 0 Å². The van der Waals surface area contributed by atoms with Gasteiger partial charge in [-0.05, 0) is 36.5 Å². The second-order valence-electron chi connectivity index (χ2n) is 5.43. The molecule has 0 spiro atoms. The van der Waals surface area contributed by atoms with Crippen molar-refractivity contribution in [3.63, 3.8) is 0 Å². The maximum atomic E-state index is 13.8. The van der Waals surface area contributed by atoms with Crippen molar-refractivity contribution in [3.05, 3.63) is 70.5 Å². The summed E-state index contributed by atoms with van der Waals surface area (Å²) in [5.74, 6) is -3.60. The van der Waals surface area contributed by atoms with Gasteiger partial charge in [0.15, 0.2) is 11.6 Å². The van der Waals surface area contributed by atoms with Crippen LogP contribution < -0.4 is 0 Å². The van der Waals surface area contributed by atoms with Gasteiger partial charge < -0.3 is 5.11 Å². The molecule has 0 amide bonds. The zero-order valence-electron chi connectivity index (χ0n) is 11.3. The molecule has 2 aromatic rings. The molecule has 110 valence electrons. The zero-order valence-corrected chi connectivity index (χ0v) is 11.3. The van der Waals surface area contributed by atoms with E-state index in [4.69, 9.17) is 0 Å². The van der Waals surface area contributed by atoms with Crippen LogP contribution in [-0.4, -0.2) is 5.11 Å². The van der Waals surface area contributed by atoms with Gasteiger partial charge in [0, 0.05) is 17.5 Å². The van der Waals surface area contributed by atoms with Crippen molar-refractivity contribution >= 4 is 0 Å². The van der Waals surface area contributed by atoms with Gasteiger partial charge in [-0.25, -0.2) is 13.2 Å². The summed E-state index contributed by atoms with van der Waals surface area (Å²) in [6, 6.07) is 8.92. The van der Waals surface area contributed by atoms with Crippen molar-refractivity contribution in [2.75, 3.05) is 0 Å². The Balaban J connectivity index is 2.00. The largest absolute Gasteiger partial charge is 0.388 e. The Morgan fingerprint density at radius 1 is 1.00 bits per heavy atom. The Kier molecular flexibility index (Phi) is 3.72. The Labute approximate surface area is 121 Å². The highest BCUT2D eigenvalue weighted by Crippen LogP contribution is 2.41. The maximum absolute atomic E-state index is 13.8. The number of fused-ring (bicyclic) bond motifs is 1. The van der Waals surface area contributed by atoms with E-state index in [2.05, 4.69) is 0 Å². The molecular weight excluding hydrogens is 277 g/mol. The van der Waals surface area contributed by atoms with Crippen LogP contribution in [0.5, 0.6) is 0 Å². The third-order valence-electron chi connectivity index (χ3n) is 4.16. The van der Waals surface area contributed by atoms with E-state index in [1.165, 1.54) is 0 Å². The van der Waals surface area contributed by atoms with Crippen LogP contribution >= 0.6 is 0 Å². The first-order valence-corrected chi connectivity index (χ1v) is 6.98. The number of rotatable bonds is 2. The Morgan fingerprint density at radius 2 is 1.71 bits per heavy atom. The van der Waals surface area contributed by atoms with E-state index in [9.17, 15) is 18.3 Å². The molecule has 0 bridgehead atoms. The average Bonchev–Trinajstić information content (AvgIpc) is 2.49. The smallest absolute Gasteiger partial charge is 0.161 e. The highest BCUT2D eigenvalue weighted by atomic mass is 19.2. The Bertz CT molecular complexity index is 669. The number of aliphatic hydroxyl groups excluding tert-OH is 1. The highest BCUT2D eigenvalue weighted by Gasteiger charge is 2.29. The van der Waals surface area contributed by atoms with E-state index in [0.717, 1.165) is 30.0 Å². The van der Waals surface area contributed by atoms with Gasteiger partial charge in [0.2, 0.25) is 0 Å². The number of aryl methyl sites for hydroxylation is 1. The van der Waals surface area contributed by atoms with Crippen molar-refractivity contribution in [1.29, 1.82) is 0 Å². The van der Waals surface area contributed by atoms with Crippen molar-refractivity contribution in [1.82, 2.24) is 0 Å². The average molecular weight is 292 g/mol. The first-order chi connectivity index (χ1) is 10.1. The lowest BCUT2D eigenvalue weighted by molar-refractivity contribution is 0.131. The monoisotopic (exact) mass is 292 g/mol. The molecule has 3 rings (SSSR count). The molecule has 21 heavy (non-hydrogen) atoms. The van der Waals surface area contributed by atoms with Crippen LogP contribution in [0, 0.1) is 17.5 Å². The summed E-state index contributed by atoms with van der Waals surface area (Å²) in [6.45, 7) is 0. The van der Waals surface area contributed by atoms with E-state index in [1.54, 1.807) is 0 Å². The topological polar surface area (TPSA) is 20.2 Å². The Hall–Kier alpha value is -1.81. The molecule has 1 N–H and O–H groups in total.